The molecule has 10 heavy (non-hydrogen) atoms. The number of hydrogen-bond acceptors (Lipinski definition) is 2. The summed E-state index contributed by atoms with van der Waals surface area (Å²) in [7, 11) is 0. The fraction of sp³-hybridized carbons (Fsp3) is 0.857. The van der Waals surface area contributed by atoms with Gasteiger partial charge in [0.25, 0.3) is 0 Å². The molecule has 1 rings (SSSR count). The molecule has 1 aliphatic heterocycles. The van der Waals surface area contributed by atoms with Crippen molar-refractivity contribution in [2.75, 3.05) is 0 Å². The number of rotatable bonds is 1. The standard InChI is InChI=1S/C7H14N2O/c1-2-5-3-4-6(8)7(10)9-5/h5-6H,2-4,8H2,1H3,(H,9,10)/t5?,6-/m0/s1. The molecule has 0 aromatic heterocycles. The van der Waals surface area contributed by atoms with Crippen LogP contribution in [0.25, 0.3) is 0 Å². The molecule has 1 unspecified atom stereocenters. The summed E-state index contributed by atoms with van der Waals surface area (Å²) in [5, 5.41) is 2.85. The monoisotopic (exact) mass is 142 g/mol. The van der Waals surface area contributed by atoms with E-state index in [2.05, 4.69) is 12.2 Å². The van der Waals surface area contributed by atoms with E-state index in [-0.39, 0.29) is 11.9 Å². The van der Waals surface area contributed by atoms with Crippen molar-refractivity contribution in [2.24, 2.45) is 5.73 Å². The summed E-state index contributed by atoms with van der Waals surface area (Å²) in [6.07, 6.45) is 2.88. The normalized spacial score (nSPS) is 33.6. The molecule has 58 valence electrons. The van der Waals surface area contributed by atoms with Gasteiger partial charge in [-0.3, -0.25) is 4.79 Å². The Morgan fingerprint density at radius 3 is 2.90 bits per heavy atom. The van der Waals surface area contributed by atoms with Crippen molar-refractivity contribution in [3.8, 4) is 0 Å². The van der Waals surface area contributed by atoms with Gasteiger partial charge in [-0.2, -0.15) is 0 Å². The van der Waals surface area contributed by atoms with Crippen molar-refractivity contribution in [3.63, 3.8) is 0 Å². The van der Waals surface area contributed by atoms with E-state index < -0.39 is 0 Å². The highest BCUT2D eigenvalue weighted by atomic mass is 16.2. The van der Waals surface area contributed by atoms with Crippen LogP contribution in [0, 0.1) is 0 Å². The highest BCUT2D eigenvalue weighted by Gasteiger charge is 2.22. The molecule has 0 radical (unpaired) electrons. The van der Waals surface area contributed by atoms with Gasteiger partial charge >= 0.3 is 0 Å². The molecule has 0 spiro atoms. The number of carbonyl (C=O) groups excluding carboxylic acids is 1. The van der Waals surface area contributed by atoms with Crippen LogP contribution >= 0.6 is 0 Å². The lowest BCUT2D eigenvalue weighted by atomic mass is 9.99. The fourth-order valence-corrected chi connectivity index (χ4v) is 1.20. The third kappa shape index (κ3) is 1.48. The van der Waals surface area contributed by atoms with Gasteiger partial charge in [-0.15, -0.1) is 0 Å². The highest BCUT2D eigenvalue weighted by molar-refractivity contribution is 5.82. The minimum atomic E-state index is -0.261. The van der Waals surface area contributed by atoms with Gasteiger partial charge in [0.05, 0.1) is 6.04 Å². The quantitative estimate of drug-likeness (QED) is 0.541. The Balaban J connectivity index is 2.41. The summed E-state index contributed by atoms with van der Waals surface area (Å²) in [6, 6.07) is 0.107. The zero-order valence-corrected chi connectivity index (χ0v) is 6.26. The lowest BCUT2D eigenvalue weighted by Crippen LogP contribution is -2.50. The molecular formula is C7H14N2O. The Morgan fingerprint density at radius 1 is 1.70 bits per heavy atom. The molecule has 3 N–H and O–H groups in total. The maximum atomic E-state index is 10.9. The molecule has 1 saturated heterocycles. The van der Waals surface area contributed by atoms with Crippen molar-refractivity contribution in [1.29, 1.82) is 0 Å². The van der Waals surface area contributed by atoms with Crippen LogP contribution < -0.4 is 11.1 Å². The Bertz CT molecular complexity index is 136. The van der Waals surface area contributed by atoms with Crippen LogP contribution in [0.4, 0.5) is 0 Å². The first-order valence-electron chi connectivity index (χ1n) is 3.80. The number of amides is 1. The smallest absolute Gasteiger partial charge is 0.237 e. The minimum Gasteiger partial charge on any atom is -0.352 e. The predicted molar refractivity (Wildman–Crippen MR) is 39.4 cm³/mol. The van der Waals surface area contributed by atoms with Gasteiger partial charge in [-0.05, 0) is 19.3 Å². The first kappa shape index (κ1) is 7.54. The van der Waals surface area contributed by atoms with Gasteiger partial charge in [0.15, 0.2) is 0 Å². The zero-order valence-electron chi connectivity index (χ0n) is 6.26. The summed E-state index contributed by atoms with van der Waals surface area (Å²) in [4.78, 5) is 10.9. The van der Waals surface area contributed by atoms with Crippen LogP contribution in [0.3, 0.4) is 0 Å². The molecule has 0 aromatic carbocycles. The van der Waals surface area contributed by atoms with Crippen molar-refractivity contribution in [2.45, 2.75) is 38.3 Å². The number of hydrogen-bond donors (Lipinski definition) is 2. The second kappa shape index (κ2) is 3.01. The summed E-state index contributed by atoms with van der Waals surface area (Å²) >= 11 is 0. The van der Waals surface area contributed by atoms with Crippen molar-refractivity contribution in [1.82, 2.24) is 5.32 Å². The first-order valence-corrected chi connectivity index (χ1v) is 3.80. The number of piperidine rings is 1. The van der Waals surface area contributed by atoms with Crippen molar-refractivity contribution >= 4 is 5.91 Å². The lowest BCUT2D eigenvalue weighted by molar-refractivity contribution is -0.124. The SMILES string of the molecule is CCC1CC[C@H](N)C(=O)N1. The predicted octanol–water partition coefficient (Wildman–Crippen LogP) is 0.00230. The van der Waals surface area contributed by atoms with Crippen LogP contribution in [0.15, 0.2) is 0 Å². The molecule has 0 aliphatic carbocycles. The van der Waals surface area contributed by atoms with E-state index in [4.69, 9.17) is 5.73 Å². The van der Waals surface area contributed by atoms with Gasteiger partial charge in [0, 0.05) is 6.04 Å². The summed E-state index contributed by atoms with van der Waals surface area (Å²) in [6.45, 7) is 2.07. The van der Waals surface area contributed by atoms with E-state index in [1.807, 2.05) is 0 Å². The second-order valence-electron chi connectivity index (χ2n) is 2.80. The Morgan fingerprint density at radius 2 is 2.40 bits per heavy atom. The van der Waals surface area contributed by atoms with E-state index in [0.717, 1.165) is 19.3 Å². The van der Waals surface area contributed by atoms with E-state index in [9.17, 15) is 4.79 Å². The summed E-state index contributed by atoms with van der Waals surface area (Å²) in [5.41, 5.74) is 5.48. The van der Waals surface area contributed by atoms with Crippen LogP contribution in [0.1, 0.15) is 26.2 Å². The number of nitrogens with one attached hydrogen (secondary N) is 1. The number of carbonyl (C=O) groups is 1. The van der Waals surface area contributed by atoms with Crippen molar-refractivity contribution in [3.05, 3.63) is 0 Å². The third-order valence-corrected chi connectivity index (χ3v) is 2.00. The molecule has 1 heterocycles. The van der Waals surface area contributed by atoms with Crippen LogP contribution in [-0.4, -0.2) is 18.0 Å². The fourth-order valence-electron chi connectivity index (χ4n) is 1.20. The molecule has 1 fully saturated rings. The topological polar surface area (TPSA) is 55.1 Å². The van der Waals surface area contributed by atoms with Gasteiger partial charge in [0.1, 0.15) is 0 Å². The molecule has 1 aliphatic rings. The van der Waals surface area contributed by atoms with Crippen LogP contribution in [0.2, 0.25) is 0 Å². The van der Waals surface area contributed by atoms with E-state index in [1.54, 1.807) is 0 Å². The maximum Gasteiger partial charge on any atom is 0.237 e. The molecule has 1 amide bonds. The Labute approximate surface area is 61.0 Å². The van der Waals surface area contributed by atoms with E-state index in [0.29, 0.717) is 6.04 Å². The van der Waals surface area contributed by atoms with Crippen LogP contribution in [0.5, 0.6) is 0 Å². The third-order valence-electron chi connectivity index (χ3n) is 2.00. The molecule has 3 heteroatoms. The van der Waals surface area contributed by atoms with Gasteiger partial charge in [-0.25, -0.2) is 0 Å². The van der Waals surface area contributed by atoms with E-state index >= 15 is 0 Å². The minimum absolute atomic E-state index is 0.0121. The van der Waals surface area contributed by atoms with Crippen molar-refractivity contribution < 1.29 is 4.79 Å². The first-order chi connectivity index (χ1) is 4.74. The lowest BCUT2D eigenvalue weighted by Gasteiger charge is -2.25. The molecule has 0 saturated carbocycles. The summed E-state index contributed by atoms with van der Waals surface area (Å²) in [5.74, 6) is 0.0121. The van der Waals surface area contributed by atoms with Gasteiger partial charge in [-0.1, -0.05) is 6.92 Å². The van der Waals surface area contributed by atoms with Gasteiger partial charge < -0.3 is 11.1 Å². The Hall–Kier alpha value is -0.570. The molecule has 2 atom stereocenters. The average Bonchev–Trinajstić information content (AvgIpc) is 1.95. The molecule has 3 nitrogen and oxygen atoms in total. The number of nitrogens with two attached hydrogens (primary N) is 1. The highest BCUT2D eigenvalue weighted by Crippen LogP contribution is 2.09. The average molecular weight is 142 g/mol. The summed E-state index contributed by atoms with van der Waals surface area (Å²) < 4.78 is 0. The second-order valence-corrected chi connectivity index (χ2v) is 2.80. The largest absolute Gasteiger partial charge is 0.352 e. The van der Waals surface area contributed by atoms with Gasteiger partial charge in [0.2, 0.25) is 5.91 Å². The van der Waals surface area contributed by atoms with E-state index in [1.165, 1.54) is 0 Å². The molecular weight excluding hydrogens is 128 g/mol. The van der Waals surface area contributed by atoms with Crippen LogP contribution in [-0.2, 0) is 4.79 Å². The molecule has 0 aromatic rings. The Kier molecular flexibility index (Phi) is 2.27. The molecule has 0 bridgehead atoms. The zero-order chi connectivity index (χ0) is 7.56. The maximum absolute atomic E-state index is 10.9.